The number of benzene rings is 1. The van der Waals surface area contributed by atoms with Crippen LogP contribution >= 0.6 is 15.9 Å². The molecule has 0 bridgehead atoms. The Morgan fingerprint density at radius 3 is 2.89 bits per heavy atom. The molecule has 1 heterocycles. The van der Waals surface area contributed by atoms with Gasteiger partial charge in [-0.1, -0.05) is 0 Å². The van der Waals surface area contributed by atoms with Crippen molar-refractivity contribution in [1.29, 1.82) is 0 Å². The predicted molar refractivity (Wildman–Crippen MR) is 78.9 cm³/mol. The molecule has 1 aromatic heterocycles. The molecule has 19 heavy (non-hydrogen) atoms. The van der Waals surface area contributed by atoms with Crippen LogP contribution in [0.3, 0.4) is 0 Å². The first-order valence-corrected chi connectivity index (χ1v) is 7.20. The Bertz CT molecular complexity index is 621. The van der Waals surface area contributed by atoms with E-state index in [4.69, 9.17) is 10.5 Å². The number of methoxy groups -OCH3 is 1. The van der Waals surface area contributed by atoms with Crippen molar-refractivity contribution in [3.05, 3.63) is 33.9 Å². The third-order valence-electron chi connectivity index (χ3n) is 3.59. The summed E-state index contributed by atoms with van der Waals surface area (Å²) in [6, 6.07) is 5.87. The van der Waals surface area contributed by atoms with E-state index < -0.39 is 0 Å². The summed E-state index contributed by atoms with van der Waals surface area (Å²) in [5.74, 6) is 1.47. The van der Waals surface area contributed by atoms with Gasteiger partial charge in [0, 0.05) is 21.8 Å². The van der Waals surface area contributed by atoms with Gasteiger partial charge in [0.25, 0.3) is 0 Å². The van der Waals surface area contributed by atoms with Crippen molar-refractivity contribution >= 4 is 21.7 Å². The molecule has 0 aliphatic heterocycles. The van der Waals surface area contributed by atoms with E-state index in [0.29, 0.717) is 5.82 Å². The highest BCUT2D eigenvalue weighted by molar-refractivity contribution is 9.10. The molecule has 1 aromatic carbocycles. The maximum atomic E-state index is 6.04. The minimum atomic E-state index is 0.657. The molecule has 0 saturated carbocycles. The molecule has 2 N–H and O–H groups in total. The van der Waals surface area contributed by atoms with Gasteiger partial charge in [-0.05, 0) is 53.7 Å². The zero-order chi connectivity index (χ0) is 13.4. The van der Waals surface area contributed by atoms with Gasteiger partial charge in [-0.2, -0.15) is 5.10 Å². The number of hydrogen-bond acceptors (Lipinski definition) is 3. The number of nitrogens with zero attached hydrogens (tertiary/aromatic N) is 2. The van der Waals surface area contributed by atoms with Crippen LogP contribution in [-0.4, -0.2) is 16.9 Å². The lowest BCUT2D eigenvalue weighted by atomic mass is 9.97. The summed E-state index contributed by atoms with van der Waals surface area (Å²) >= 11 is 3.58. The van der Waals surface area contributed by atoms with Crippen LogP contribution in [0.15, 0.2) is 22.7 Å². The fourth-order valence-corrected chi connectivity index (χ4v) is 3.02. The van der Waals surface area contributed by atoms with Crippen molar-refractivity contribution in [2.75, 3.05) is 12.8 Å². The van der Waals surface area contributed by atoms with E-state index in [1.54, 1.807) is 7.11 Å². The largest absolute Gasteiger partial charge is 0.497 e. The number of rotatable bonds is 2. The second-order valence-corrected chi connectivity index (χ2v) is 5.60. The molecular formula is C14H16BrN3O. The molecule has 3 rings (SSSR count). The number of halogens is 1. The molecule has 2 aromatic rings. The van der Waals surface area contributed by atoms with Crippen molar-refractivity contribution in [2.45, 2.75) is 25.7 Å². The first-order valence-electron chi connectivity index (χ1n) is 6.41. The highest BCUT2D eigenvalue weighted by Gasteiger charge is 2.21. The standard InChI is InChI=1S/C14H16BrN3O/c1-19-9-6-7-11(15)13(8-9)18-12-5-3-2-4-10(12)14(16)17-18/h6-8H,2-5H2,1H3,(H2,16,17). The van der Waals surface area contributed by atoms with Crippen molar-refractivity contribution in [2.24, 2.45) is 0 Å². The summed E-state index contributed by atoms with van der Waals surface area (Å²) < 4.78 is 8.23. The molecule has 4 nitrogen and oxygen atoms in total. The van der Waals surface area contributed by atoms with E-state index in [1.807, 2.05) is 22.9 Å². The van der Waals surface area contributed by atoms with Gasteiger partial charge in [-0.25, -0.2) is 4.68 Å². The van der Waals surface area contributed by atoms with Crippen LogP contribution in [0.4, 0.5) is 5.82 Å². The molecular weight excluding hydrogens is 306 g/mol. The lowest BCUT2D eigenvalue weighted by Crippen LogP contribution is -2.08. The predicted octanol–water partition coefficient (Wildman–Crippen LogP) is 3.10. The van der Waals surface area contributed by atoms with E-state index in [-0.39, 0.29) is 0 Å². The highest BCUT2D eigenvalue weighted by atomic mass is 79.9. The summed E-state index contributed by atoms with van der Waals surface area (Å²) in [4.78, 5) is 0. The second-order valence-electron chi connectivity index (χ2n) is 4.75. The Morgan fingerprint density at radius 1 is 1.32 bits per heavy atom. The van der Waals surface area contributed by atoms with E-state index in [1.165, 1.54) is 24.1 Å². The van der Waals surface area contributed by atoms with Gasteiger partial charge in [-0.15, -0.1) is 0 Å². The number of nitrogen functional groups attached to an aromatic ring is 1. The minimum Gasteiger partial charge on any atom is -0.497 e. The van der Waals surface area contributed by atoms with Crippen LogP contribution in [0.5, 0.6) is 5.75 Å². The summed E-state index contributed by atoms with van der Waals surface area (Å²) in [7, 11) is 1.67. The third kappa shape index (κ3) is 2.12. The average Bonchev–Trinajstić information content (AvgIpc) is 2.77. The Kier molecular flexibility index (Phi) is 3.22. The fourth-order valence-electron chi connectivity index (χ4n) is 2.61. The number of anilines is 1. The van der Waals surface area contributed by atoms with Crippen LogP contribution in [0.1, 0.15) is 24.1 Å². The highest BCUT2D eigenvalue weighted by Crippen LogP contribution is 2.32. The van der Waals surface area contributed by atoms with Crippen molar-refractivity contribution < 1.29 is 4.74 Å². The maximum absolute atomic E-state index is 6.04. The third-order valence-corrected chi connectivity index (χ3v) is 4.26. The number of aromatic nitrogens is 2. The number of ether oxygens (including phenoxy) is 1. The van der Waals surface area contributed by atoms with Crippen LogP contribution in [0.25, 0.3) is 5.69 Å². The van der Waals surface area contributed by atoms with Crippen molar-refractivity contribution in [1.82, 2.24) is 9.78 Å². The van der Waals surface area contributed by atoms with Crippen LogP contribution < -0.4 is 10.5 Å². The van der Waals surface area contributed by atoms with Gasteiger partial charge < -0.3 is 10.5 Å². The number of nitrogens with two attached hydrogens (primary N) is 1. The molecule has 0 spiro atoms. The quantitative estimate of drug-likeness (QED) is 0.924. The molecule has 1 aliphatic carbocycles. The van der Waals surface area contributed by atoms with Crippen molar-refractivity contribution in [3.63, 3.8) is 0 Å². The Balaban J connectivity index is 2.17. The van der Waals surface area contributed by atoms with Gasteiger partial charge >= 0.3 is 0 Å². The molecule has 0 radical (unpaired) electrons. The Labute approximate surface area is 120 Å². The van der Waals surface area contributed by atoms with Crippen LogP contribution in [-0.2, 0) is 12.8 Å². The average molecular weight is 322 g/mol. The molecule has 0 fully saturated rings. The zero-order valence-electron chi connectivity index (χ0n) is 10.8. The molecule has 0 amide bonds. The fraction of sp³-hybridized carbons (Fsp3) is 0.357. The SMILES string of the molecule is COc1ccc(Br)c(-n2nc(N)c3c2CCCC3)c1. The monoisotopic (exact) mass is 321 g/mol. The van der Waals surface area contributed by atoms with Gasteiger partial charge in [0.15, 0.2) is 0 Å². The first-order chi connectivity index (χ1) is 9.20. The van der Waals surface area contributed by atoms with Crippen LogP contribution in [0.2, 0.25) is 0 Å². The first kappa shape index (κ1) is 12.5. The zero-order valence-corrected chi connectivity index (χ0v) is 12.4. The summed E-state index contributed by atoms with van der Waals surface area (Å²) in [5.41, 5.74) is 9.47. The number of fused-ring (bicyclic) bond motifs is 1. The van der Waals surface area contributed by atoms with Crippen LogP contribution in [0, 0.1) is 0 Å². The minimum absolute atomic E-state index is 0.657. The lowest BCUT2D eigenvalue weighted by Gasteiger charge is -2.15. The molecule has 0 saturated heterocycles. The van der Waals surface area contributed by atoms with E-state index >= 15 is 0 Å². The van der Waals surface area contributed by atoms with Gasteiger partial charge in [-0.3, -0.25) is 0 Å². The second kappa shape index (κ2) is 4.89. The maximum Gasteiger partial charge on any atom is 0.149 e. The Morgan fingerprint density at radius 2 is 2.11 bits per heavy atom. The Hall–Kier alpha value is -1.49. The van der Waals surface area contributed by atoms with Gasteiger partial charge in [0.05, 0.1) is 12.8 Å². The smallest absolute Gasteiger partial charge is 0.149 e. The van der Waals surface area contributed by atoms with Gasteiger partial charge in [0.1, 0.15) is 11.6 Å². The molecule has 0 atom stereocenters. The summed E-state index contributed by atoms with van der Waals surface area (Å²) in [5, 5.41) is 4.51. The summed E-state index contributed by atoms with van der Waals surface area (Å²) in [6.45, 7) is 0. The lowest BCUT2D eigenvalue weighted by molar-refractivity contribution is 0.414. The molecule has 5 heteroatoms. The van der Waals surface area contributed by atoms with Gasteiger partial charge in [0.2, 0.25) is 0 Å². The van der Waals surface area contributed by atoms with E-state index in [0.717, 1.165) is 28.8 Å². The topological polar surface area (TPSA) is 53.1 Å². The van der Waals surface area contributed by atoms with E-state index in [9.17, 15) is 0 Å². The van der Waals surface area contributed by atoms with Crippen molar-refractivity contribution in [3.8, 4) is 11.4 Å². The molecule has 1 aliphatic rings. The number of hydrogen-bond donors (Lipinski definition) is 1. The molecule has 0 unspecified atom stereocenters. The summed E-state index contributed by atoms with van der Waals surface area (Å²) in [6.07, 6.45) is 4.45. The molecule has 100 valence electrons. The normalized spacial score (nSPS) is 14.2. The van der Waals surface area contributed by atoms with E-state index in [2.05, 4.69) is 21.0 Å².